The fourth-order valence-corrected chi connectivity index (χ4v) is 4.02. The van der Waals surface area contributed by atoms with Gasteiger partial charge in [0.25, 0.3) is 0 Å². The maximum atomic E-state index is 11.3. The molecule has 0 bridgehead atoms. The SMILES string of the molecule is COC(=O)/C=C/c1cccc(N(C)Cc2ccc(-c3ccc(N(C)C)cc3)cc2Cl)c1.O=Cc1ccccc1. The first-order valence-electron chi connectivity index (χ1n) is 12.4. The van der Waals surface area contributed by atoms with E-state index in [1.54, 1.807) is 18.2 Å². The smallest absolute Gasteiger partial charge is 0.330 e. The number of rotatable bonds is 8. The maximum absolute atomic E-state index is 11.3. The molecule has 0 N–H and O–H groups in total. The molecule has 0 aliphatic carbocycles. The minimum Gasteiger partial charge on any atom is -0.466 e. The number of ether oxygens (including phenoxy) is 1. The van der Waals surface area contributed by atoms with Crippen molar-refractivity contribution < 1.29 is 14.3 Å². The standard InChI is InChI=1S/C26H27ClN2O2.C7H6O/c1-28(2)23-13-11-20(12-14-23)21-9-10-22(25(27)17-21)18-29(3)24-7-5-6-19(16-24)8-15-26(30)31-4;8-6-7-4-2-1-3-5-7/h5-17H,18H2,1-4H3;1-6H/b15-8+;. The quantitative estimate of drug-likeness (QED) is 0.132. The molecule has 0 amide bonds. The number of benzene rings is 4. The summed E-state index contributed by atoms with van der Waals surface area (Å²) >= 11 is 6.63. The molecular weight excluding hydrogens is 508 g/mol. The molecule has 0 unspecified atom stereocenters. The minimum atomic E-state index is -0.373. The van der Waals surface area contributed by atoms with E-state index in [0.717, 1.165) is 50.5 Å². The van der Waals surface area contributed by atoms with Crippen LogP contribution >= 0.6 is 11.6 Å². The largest absolute Gasteiger partial charge is 0.466 e. The van der Waals surface area contributed by atoms with Crippen LogP contribution in [0.5, 0.6) is 0 Å². The highest BCUT2D eigenvalue weighted by molar-refractivity contribution is 6.31. The summed E-state index contributed by atoms with van der Waals surface area (Å²) in [5, 5.41) is 0.739. The van der Waals surface area contributed by atoms with Gasteiger partial charge < -0.3 is 14.5 Å². The van der Waals surface area contributed by atoms with Crippen molar-refractivity contribution in [3.63, 3.8) is 0 Å². The van der Waals surface area contributed by atoms with Crippen molar-refractivity contribution in [1.29, 1.82) is 0 Å². The number of nitrogens with zero attached hydrogens (tertiary/aromatic N) is 2. The Hall–Kier alpha value is -4.35. The average Bonchev–Trinajstić information content (AvgIpc) is 2.97. The van der Waals surface area contributed by atoms with Gasteiger partial charge in [-0.3, -0.25) is 4.79 Å². The van der Waals surface area contributed by atoms with E-state index in [1.165, 1.54) is 13.2 Å². The summed E-state index contributed by atoms with van der Waals surface area (Å²) < 4.78 is 4.65. The molecule has 4 rings (SSSR count). The van der Waals surface area contributed by atoms with Crippen molar-refractivity contribution >= 4 is 41.3 Å². The molecule has 0 aromatic heterocycles. The third-order valence-corrected chi connectivity index (χ3v) is 6.39. The predicted molar refractivity (Wildman–Crippen MR) is 163 cm³/mol. The Bertz CT molecular complexity index is 1400. The summed E-state index contributed by atoms with van der Waals surface area (Å²) in [5.41, 5.74) is 7.13. The monoisotopic (exact) mass is 540 g/mol. The van der Waals surface area contributed by atoms with Crippen molar-refractivity contribution in [3.8, 4) is 11.1 Å². The number of halogens is 1. The molecular formula is C33H33ClN2O3. The van der Waals surface area contributed by atoms with Gasteiger partial charge in [0, 0.05) is 55.7 Å². The van der Waals surface area contributed by atoms with Crippen LogP contribution in [0.4, 0.5) is 11.4 Å². The molecule has 0 saturated heterocycles. The van der Waals surface area contributed by atoms with Gasteiger partial charge in [-0.25, -0.2) is 4.79 Å². The zero-order valence-corrected chi connectivity index (χ0v) is 23.4. The average molecular weight is 541 g/mol. The van der Waals surface area contributed by atoms with Gasteiger partial charge in [0.15, 0.2) is 0 Å². The molecule has 200 valence electrons. The number of methoxy groups -OCH3 is 1. The van der Waals surface area contributed by atoms with Crippen molar-refractivity contribution in [1.82, 2.24) is 0 Å². The summed E-state index contributed by atoms with van der Waals surface area (Å²) in [4.78, 5) is 25.5. The van der Waals surface area contributed by atoms with Crippen molar-refractivity contribution in [2.45, 2.75) is 6.54 Å². The van der Waals surface area contributed by atoms with Crippen LogP contribution < -0.4 is 9.80 Å². The second-order valence-corrected chi connectivity index (χ2v) is 9.49. The third kappa shape index (κ3) is 8.87. The first-order chi connectivity index (χ1) is 18.8. The summed E-state index contributed by atoms with van der Waals surface area (Å²) in [6.07, 6.45) is 3.99. The summed E-state index contributed by atoms with van der Waals surface area (Å²) in [6.45, 7) is 0.669. The lowest BCUT2D eigenvalue weighted by Gasteiger charge is -2.21. The van der Waals surface area contributed by atoms with Gasteiger partial charge in [-0.15, -0.1) is 0 Å². The predicted octanol–water partition coefficient (Wildman–Crippen LogP) is 7.39. The Kier molecular flexibility index (Phi) is 10.9. The van der Waals surface area contributed by atoms with Gasteiger partial charge in [-0.1, -0.05) is 78.3 Å². The maximum Gasteiger partial charge on any atom is 0.330 e. The molecule has 0 radical (unpaired) electrons. The van der Waals surface area contributed by atoms with Crippen LogP contribution in [0.3, 0.4) is 0 Å². The van der Waals surface area contributed by atoms with Gasteiger partial charge in [0.1, 0.15) is 6.29 Å². The molecule has 39 heavy (non-hydrogen) atoms. The molecule has 4 aromatic rings. The zero-order chi connectivity index (χ0) is 28.2. The summed E-state index contributed by atoms with van der Waals surface area (Å²) in [7, 11) is 7.45. The normalized spacial score (nSPS) is 10.4. The van der Waals surface area contributed by atoms with Crippen molar-refractivity contribution in [3.05, 3.63) is 125 Å². The van der Waals surface area contributed by atoms with Crippen LogP contribution in [-0.4, -0.2) is 40.5 Å². The van der Waals surface area contributed by atoms with E-state index >= 15 is 0 Å². The Balaban J connectivity index is 0.000000449. The number of carbonyl (C=O) groups excluding carboxylic acids is 2. The Morgan fingerprint density at radius 1 is 0.795 bits per heavy atom. The summed E-state index contributed by atoms with van der Waals surface area (Å²) in [6, 6.07) is 31.7. The first kappa shape index (κ1) is 29.2. The number of esters is 1. The highest BCUT2D eigenvalue weighted by atomic mass is 35.5. The van der Waals surface area contributed by atoms with E-state index in [4.69, 9.17) is 11.6 Å². The van der Waals surface area contributed by atoms with Crippen LogP contribution in [0.2, 0.25) is 5.02 Å². The molecule has 0 saturated carbocycles. The topological polar surface area (TPSA) is 49.9 Å². The molecule has 0 aliphatic heterocycles. The van der Waals surface area contributed by atoms with Gasteiger partial charge in [0.2, 0.25) is 0 Å². The first-order valence-corrected chi connectivity index (χ1v) is 12.8. The number of hydrogen-bond acceptors (Lipinski definition) is 5. The second kappa shape index (κ2) is 14.6. The Labute approximate surface area is 235 Å². The van der Waals surface area contributed by atoms with E-state index in [2.05, 4.69) is 50.9 Å². The molecule has 4 aromatic carbocycles. The molecule has 0 spiro atoms. The zero-order valence-electron chi connectivity index (χ0n) is 22.7. The number of anilines is 2. The van der Waals surface area contributed by atoms with Crippen molar-refractivity contribution in [2.75, 3.05) is 38.1 Å². The van der Waals surface area contributed by atoms with Crippen LogP contribution in [0.1, 0.15) is 21.5 Å². The highest BCUT2D eigenvalue weighted by Gasteiger charge is 2.09. The van der Waals surface area contributed by atoms with E-state index in [1.807, 2.05) is 69.7 Å². The van der Waals surface area contributed by atoms with Gasteiger partial charge in [-0.2, -0.15) is 0 Å². The van der Waals surface area contributed by atoms with E-state index in [9.17, 15) is 9.59 Å². The number of carbonyl (C=O) groups is 2. The van der Waals surface area contributed by atoms with Gasteiger partial charge >= 0.3 is 5.97 Å². The van der Waals surface area contributed by atoms with Crippen LogP contribution in [-0.2, 0) is 16.1 Å². The summed E-state index contributed by atoms with van der Waals surface area (Å²) in [5.74, 6) is -0.373. The van der Waals surface area contributed by atoms with E-state index in [0.29, 0.717) is 6.54 Å². The van der Waals surface area contributed by atoms with Crippen LogP contribution in [0, 0.1) is 0 Å². The second-order valence-electron chi connectivity index (χ2n) is 9.08. The lowest BCUT2D eigenvalue weighted by Crippen LogP contribution is -2.16. The molecule has 5 nitrogen and oxygen atoms in total. The molecule has 0 atom stereocenters. The number of hydrogen-bond donors (Lipinski definition) is 0. The van der Waals surface area contributed by atoms with Crippen molar-refractivity contribution in [2.24, 2.45) is 0 Å². The van der Waals surface area contributed by atoms with E-state index < -0.39 is 0 Å². The lowest BCUT2D eigenvalue weighted by molar-refractivity contribution is -0.134. The fourth-order valence-electron chi connectivity index (χ4n) is 3.78. The Morgan fingerprint density at radius 3 is 2.05 bits per heavy atom. The van der Waals surface area contributed by atoms with Gasteiger partial charge in [-0.05, 0) is 58.7 Å². The highest BCUT2D eigenvalue weighted by Crippen LogP contribution is 2.29. The fraction of sp³-hybridized carbons (Fsp3) is 0.152. The number of aldehydes is 1. The third-order valence-electron chi connectivity index (χ3n) is 6.04. The Morgan fingerprint density at radius 2 is 1.46 bits per heavy atom. The van der Waals surface area contributed by atoms with Crippen LogP contribution in [0.25, 0.3) is 17.2 Å². The van der Waals surface area contributed by atoms with E-state index in [-0.39, 0.29) is 5.97 Å². The van der Waals surface area contributed by atoms with Crippen LogP contribution in [0.15, 0.2) is 103 Å². The molecule has 0 heterocycles. The molecule has 0 aliphatic rings. The molecule has 6 heteroatoms. The lowest BCUT2D eigenvalue weighted by atomic mass is 10.0. The van der Waals surface area contributed by atoms with Gasteiger partial charge in [0.05, 0.1) is 7.11 Å². The minimum absolute atomic E-state index is 0.373. The molecule has 0 fully saturated rings.